The monoisotopic (exact) mass is 427 g/mol. The Morgan fingerprint density at radius 2 is 1.97 bits per heavy atom. The lowest BCUT2D eigenvalue weighted by atomic mass is 9.96. The van der Waals surface area contributed by atoms with Crippen LogP contribution in [0.4, 0.5) is 5.82 Å². The van der Waals surface area contributed by atoms with E-state index >= 15 is 0 Å². The number of hydrogen-bond donors (Lipinski definition) is 1. The van der Waals surface area contributed by atoms with Crippen LogP contribution in [0.3, 0.4) is 0 Å². The summed E-state index contributed by atoms with van der Waals surface area (Å²) in [6.07, 6.45) is 1.62. The van der Waals surface area contributed by atoms with E-state index in [1.165, 1.54) is 0 Å². The van der Waals surface area contributed by atoms with Crippen LogP contribution >= 0.6 is 11.6 Å². The molecule has 0 radical (unpaired) electrons. The zero-order valence-corrected chi connectivity index (χ0v) is 18.0. The number of carbonyl (C=O) groups excluding carboxylic acids is 1. The zero-order chi connectivity index (χ0) is 21.1. The number of aromatic nitrogens is 3. The van der Waals surface area contributed by atoms with Crippen molar-refractivity contribution in [2.75, 3.05) is 38.3 Å². The zero-order valence-electron chi connectivity index (χ0n) is 17.3. The van der Waals surface area contributed by atoms with E-state index in [0.717, 1.165) is 54.3 Å². The Balaban J connectivity index is 1.53. The fraction of sp³-hybridized carbons (Fsp3) is 0.409. The summed E-state index contributed by atoms with van der Waals surface area (Å²) in [5.74, 6) is 1.17. The van der Waals surface area contributed by atoms with Crippen LogP contribution in [0.2, 0.25) is 5.02 Å². The molecule has 1 fully saturated rings. The molecule has 1 aliphatic heterocycles. The van der Waals surface area contributed by atoms with E-state index in [0.29, 0.717) is 18.2 Å². The number of nitrogens with zero attached hydrogens (tertiary/aromatic N) is 4. The molecule has 3 aromatic rings. The minimum Gasteiger partial charge on any atom is -0.383 e. The first-order valence-electron chi connectivity index (χ1n) is 10.2. The molecule has 7 nitrogen and oxygen atoms in total. The Morgan fingerprint density at radius 1 is 1.23 bits per heavy atom. The lowest BCUT2D eigenvalue weighted by Gasteiger charge is -2.33. The van der Waals surface area contributed by atoms with Crippen molar-refractivity contribution < 1.29 is 9.53 Å². The van der Waals surface area contributed by atoms with E-state index in [1.54, 1.807) is 7.11 Å². The molecule has 0 saturated carbocycles. The summed E-state index contributed by atoms with van der Waals surface area (Å²) < 4.78 is 6.90. The van der Waals surface area contributed by atoms with Gasteiger partial charge < -0.3 is 15.0 Å². The number of rotatable bonds is 6. The Morgan fingerprint density at radius 3 is 2.67 bits per heavy atom. The molecule has 0 unspecified atom stereocenters. The summed E-state index contributed by atoms with van der Waals surface area (Å²) >= 11 is 6.02. The maximum absolute atomic E-state index is 12.3. The Hall–Kier alpha value is -2.64. The normalized spacial score (nSPS) is 15.0. The van der Waals surface area contributed by atoms with E-state index < -0.39 is 0 Å². The molecule has 158 valence electrons. The highest BCUT2D eigenvalue weighted by atomic mass is 35.5. The van der Waals surface area contributed by atoms with E-state index in [9.17, 15) is 4.79 Å². The predicted octanol–water partition coefficient (Wildman–Crippen LogP) is 3.34. The molecule has 8 heteroatoms. The lowest BCUT2D eigenvalue weighted by molar-refractivity contribution is -0.125. The van der Waals surface area contributed by atoms with Crippen molar-refractivity contribution in [2.45, 2.75) is 19.8 Å². The maximum atomic E-state index is 12.3. The second kappa shape index (κ2) is 9.02. The molecule has 4 rings (SSSR count). The van der Waals surface area contributed by atoms with Crippen molar-refractivity contribution in [1.29, 1.82) is 0 Å². The molecule has 0 bridgehead atoms. The summed E-state index contributed by atoms with van der Waals surface area (Å²) in [5, 5.41) is 8.46. The second-order valence-electron chi connectivity index (χ2n) is 7.61. The Labute approximate surface area is 181 Å². The van der Waals surface area contributed by atoms with Crippen LogP contribution in [-0.2, 0) is 9.53 Å². The maximum Gasteiger partial charge on any atom is 0.223 e. The van der Waals surface area contributed by atoms with Gasteiger partial charge in [-0.25, -0.2) is 4.98 Å². The molecule has 3 heterocycles. The molecular formula is C22H26ClN5O2. The first kappa shape index (κ1) is 20.6. The van der Waals surface area contributed by atoms with Crippen molar-refractivity contribution in [2.24, 2.45) is 5.92 Å². The number of ether oxygens (including phenoxy) is 1. The van der Waals surface area contributed by atoms with Crippen LogP contribution in [0.5, 0.6) is 0 Å². The minimum absolute atomic E-state index is 0.0405. The van der Waals surface area contributed by atoms with Crippen LogP contribution in [0.1, 0.15) is 18.5 Å². The Kier molecular flexibility index (Phi) is 6.20. The molecule has 1 aliphatic rings. The van der Waals surface area contributed by atoms with Gasteiger partial charge in [0, 0.05) is 61.1 Å². The van der Waals surface area contributed by atoms with Crippen molar-refractivity contribution in [3.63, 3.8) is 0 Å². The molecule has 0 spiro atoms. The quantitative estimate of drug-likeness (QED) is 0.611. The van der Waals surface area contributed by atoms with Gasteiger partial charge in [-0.1, -0.05) is 23.7 Å². The fourth-order valence-corrected chi connectivity index (χ4v) is 3.98. The number of amides is 1. The molecule has 1 aromatic carbocycles. The molecule has 2 aromatic heterocycles. The van der Waals surface area contributed by atoms with Gasteiger partial charge in [0.05, 0.1) is 12.3 Å². The smallest absolute Gasteiger partial charge is 0.223 e. The topological polar surface area (TPSA) is 71.8 Å². The minimum atomic E-state index is 0.0405. The number of halogens is 1. The third-order valence-electron chi connectivity index (χ3n) is 5.47. The van der Waals surface area contributed by atoms with E-state index in [4.69, 9.17) is 21.4 Å². The number of carbonyl (C=O) groups is 1. The van der Waals surface area contributed by atoms with Crippen LogP contribution in [-0.4, -0.2) is 53.9 Å². The van der Waals surface area contributed by atoms with E-state index in [-0.39, 0.29) is 11.8 Å². The summed E-state index contributed by atoms with van der Waals surface area (Å²) in [5.41, 5.74) is 3.62. The average Bonchev–Trinajstić information content (AvgIpc) is 3.17. The van der Waals surface area contributed by atoms with Crippen molar-refractivity contribution in [3.05, 3.63) is 47.1 Å². The van der Waals surface area contributed by atoms with Gasteiger partial charge in [-0.15, -0.1) is 0 Å². The molecule has 30 heavy (non-hydrogen) atoms. The SMILES string of the molecule is COCCNC(=O)C1CCN(c2cc(C)nc3cc(-c4ccc(Cl)cc4)nn23)CC1. The van der Waals surface area contributed by atoms with Gasteiger partial charge in [0.25, 0.3) is 0 Å². The first-order chi connectivity index (χ1) is 14.5. The first-order valence-corrected chi connectivity index (χ1v) is 10.6. The van der Waals surface area contributed by atoms with E-state index in [1.807, 2.05) is 41.8 Å². The summed E-state index contributed by atoms with van der Waals surface area (Å²) in [4.78, 5) is 19.3. The third-order valence-corrected chi connectivity index (χ3v) is 5.72. The van der Waals surface area contributed by atoms with Gasteiger partial charge in [0.1, 0.15) is 5.82 Å². The standard InChI is InChI=1S/C22H26ClN5O2/c1-15-13-21(27-10-7-17(8-11-27)22(29)24-9-12-30-2)28-20(25-15)14-19(26-28)16-3-5-18(23)6-4-16/h3-6,13-14,17H,7-12H2,1-2H3,(H,24,29). The van der Waals surface area contributed by atoms with Gasteiger partial charge in [0.15, 0.2) is 5.65 Å². The van der Waals surface area contributed by atoms with E-state index in [2.05, 4.69) is 21.3 Å². The van der Waals surface area contributed by atoms with Gasteiger partial charge in [-0.2, -0.15) is 9.61 Å². The third kappa shape index (κ3) is 4.42. The summed E-state index contributed by atoms with van der Waals surface area (Å²) in [6, 6.07) is 11.7. The highest BCUT2D eigenvalue weighted by Crippen LogP contribution is 2.27. The molecule has 1 saturated heterocycles. The number of nitrogens with one attached hydrogen (secondary N) is 1. The van der Waals surface area contributed by atoms with Crippen LogP contribution in [0.15, 0.2) is 36.4 Å². The molecular weight excluding hydrogens is 402 g/mol. The van der Waals surface area contributed by atoms with Crippen molar-refractivity contribution in [3.8, 4) is 11.3 Å². The van der Waals surface area contributed by atoms with Crippen molar-refractivity contribution >= 4 is 29.0 Å². The Bertz CT molecular complexity index is 1030. The number of hydrogen-bond acceptors (Lipinski definition) is 5. The fourth-order valence-electron chi connectivity index (χ4n) is 3.86. The highest BCUT2D eigenvalue weighted by molar-refractivity contribution is 6.30. The number of methoxy groups -OCH3 is 1. The van der Waals surface area contributed by atoms with Crippen molar-refractivity contribution in [1.82, 2.24) is 19.9 Å². The molecule has 0 aliphatic carbocycles. The van der Waals surface area contributed by atoms with Gasteiger partial charge in [-0.3, -0.25) is 4.79 Å². The summed E-state index contributed by atoms with van der Waals surface area (Å²) in [7, 11) is 1.63. The number of anilines is 1. The van der Waals surface area contributed by atoms with Gasteiger partial charge >= 0.3 is 0 Å². The average molecular weight is 428 g/mol. The van der Waals surface area contributed by atoms with Gasteiger partial charge in [0.2, 0.25) is 5.91 Å². The van der Waals surface area contributed by atoms with Crippen LogP contribution in [0.25, 0.3) is 16.9 Å². The second-order valence-corrected chi connectivity index (χ2v) is 8.04. The van der Waals surface area contributed by atoms with Gasteiger partial charge in [-0.05, 0) is 31.9 Å². The number of benzene rings is 1. The predicted molar refractivity (Wildman–Crippen MR) is 118 cm³/mol. The largest absolute Gasteiger partial charge is 0.383 e. The summed E-state index contributed by atoms with van der Waals surface area (Å²) in [6.45, 7) is 4.69. The molecule has 1 amide bonds. The number of aryl methyl sites for hydroxylation is 1. The number of fused-ring (bicyclic) bond motifs is 1. The van der Waals surface area contributed by atoms with Crippen LogP contribution < -0.4 is 10.2 Å². The molecule has 1 N–H and O–H groups in total. The van der Waals surface area contributed by atoms with Crippen LogP contribution in [0, 0.1) is 12.8 Å². The number of piperidine rings is 1. The highest BCUT2D eigenvalue weighted by Gasteiger charge is 2.26. The molecule has 0 atom stereocenters. The lowest BCUT2D eigenvalue weighted by Crippen LogP contribution is -2.42.